The smallest absolute Gasteiger partial charge is 0.190 e. The fraction of sp³-hybridized carbons (Fsp3) is 0.500. The van der Waals surface area contributed by atoms with Crippen molar-refractivity contribution in [2.45, 2.75) is 39.4 Å². The first kappa shape index (κ1) is 15.1. The summed E-state index contributed by atoms with van der Waals surface area (Å²) < 4.78 is 0. The fourth-order valence-electron chi connectivity index (χ4n) is 2.26. The molecule has 1 aromatic rings. The highest BCUT2D eigenvalue weighted by atomic mass is 32.2. The van der Waals surface area contributed by atoms with E-state index in [2.05, 4.69) is 48.9 Å². The molecule has 20 heavy (non-hydrogen) atoms. The quantitative estimate of drug-likeness (QED) is 0.604. The van der Waals surface area contributed by atoms with Gasteiger partial charge in [0.1, 0.15) is 5.84 Å². The Morgan fingerprint density at radius 2 is 1.95 bits per heavy atom. The van der Waals surface area contributed by atoms with E-state index in [1.165, 1.54) is 5.56 Å². The van der Waals surface area contributed by atoms with Gasteiger partial charge in [-0.15, -0.1) is 0 Å². The van der Waals surface area contributed by atoms with Crippen molar-refractivity contribution in [3.05, 3.63) is 29.8 Å². The maximum Gasteiger partial charge on any atom is 0.190 e. The molecule has 4 heteroatoms. The number of rotatable bonds is 4. The van der Waals surface area contributed by atoms with Gasteiger partial charge in [-0.25, -0.2) is 9.98 Å². The molecule has 2 rings (SSSR count). The number of amidine groups is 2. The molecule has 0 N–H and O–H groups in total. The van der Waals surface area contributed by atoms with Gasteiger partial charge in [-0.2, -0.15) is 0 Å². The molecule has 3 nitrogen and oxygen atoms in total. The van der Waals surface area contributed by atoms with E-state index in [1.54, 1.807) is 11.8 Å². The van der Waals surface area contributed by atoms with Gasteiger partial charge in [-0.3, -0.25) is 0 Å². The maximum atomic E-state index is 4.73. The normalized spacial score (nSPS) is 14.8. The van der Waals surface area contributed by atoms with E-state index in [1.807, 2.05) is 6.07 Å². The summed E-state index contributed by atoms with van der Waals surface area (Å²) in [6.45, 7) is 8.64. The number of nitrogens with zero attached hydrogens (tertiary/aromatic N) is 3. The van der Waals surface area contributed by atoms with Crippen molar-refractivity contribution in [3.63, 3.8) is 0 Å². The van der Waals surface area contributed by atoms with Crippen molar-refractivity contribution >= 4 is 28.5 Å². The predicted molar refractivity (Wildman–Crippen MR) is 90.1 cm³/mol. The van der Waals surface area contributed by atoms with Crippen LogP contribution in [0.25, 0.3) is 0 Å². The Kier molecular flexibility index (Phi) is 5.65. The standard InChI is InChI=1S/C16H23N3S/c1-4-10-19(11-5-2)13(3)17-16-18-15-9-7-6-8-14(15)12-20-16/h6-9H,4-5,10-12H2,1-3H3/b17-13+. The largest absolute Gasteiger partial charge is 0.360 e. The Labute approximate surface area is 126 Å². The van der Waals surface area contributed by atoms with Crippen molar-refractivity contribution < 1.29 is 0 Å². The molecule has 0 aromatic heterocycles. The Morgan fingerprint density at radius 1 is 1.25 bits per heavy atom. The van der Waals surface area contributed by atoms with Gasteiger partial charge in [-0.05, 0) is 31.4 Å². The summed E-state index contributed by atoms with van der Waals surface area (Å²) >= 11 is 1.72. The van der Waals surface area contributed by atoms with Crippen molar-refractivity contribution in [2.75, 3.05) is 13.1 Å². The number of aliphatic imine (C=N–C) groups is 2. The van der Waals surface area contributed by atoms with E-state index in [4.69, 9.17) is 4.99 Å². The van der Waals surface area contributed by atoms with E-state index >= 15 is 0 Å². The van der Waals surface area contributed by atoms with Gasteiger partial charge in [0, 0.05) is 18.8 Å². The molecule has 1 aliphatic heterocycles. The van der Waals surface area contributed by atoms with E-state index in [9.17, 15) is 0 Å². The van der Waals surface area contributed by atoms with Crippen molar-refractivity contribution in [3.8, 4) is 0 Å². The van der Waals surface area contributed by atoms with E-state index < -0.39 is 0 Å². The zero-order valence-corrected chi connectivity index (χ0v) is 13.4. The number of benzene rings is 1. The second-order valence-electron chi connectivity index (χ2n) is 4.96. The van der Waals surface area contributed by atoms with Gasteiger partial charge in [0.05, 0.1) is 5.69 Å². The summed E-state index contributed by atoms with van der Waals surface area (Å²) in [5.41, 5.74) is 2.36. The molecule has 0 saturated carbocycles. The van der Waals surface area contributed by atoms with E-state index in [0.29, 0.717) is 0 Å². The molecule has 0 fully saturated rings. The van der Waals surface area contributed by atoms with Crippen LogP contribution in [0, 0.1) is 0 Å². The van der Waals surface area contributed by atoms with Gasteiger partial charge in [0.15, 0.2) is 5.17 Å². The Balaban J connectivity index is 2.16. The number of hydrogen-bond donors (Lipinski definition) is 0. The molecule has 0 amide bonds. The molecule has 0 spiro atoms. The minimum absolute atomic E-state index is 0.887. The molecule has 0 atom stereocenters. The number of thioether (sulfide) groups is 1. The molecule has 0 saturated heterocycles. The van der Waals surface area contributed by atoms with Gasteiger partial charge in [0.2, 0.25) is 0 Å². The van der Waals surface area contributed by atoms with Crippen molar-refractivity contribution in [1.82, 2.24) is 4.90 Å². The van der Waals surface area contributed by atoms with Crippen LogP contribution in [0.1, 0.15) is 39.2 Å². The average Bonchev–Trinajstić information content (AvgIpc) is 2.47. The molecule has 0 bridgehead atoms. The van der Waals surface area contributed by atoms with Crippen LogP contribution < -0.4 is 0 Å². The van der Waals surface area contributed by atoms with Crippen LogP contribution >= 0.6 is 11.8 Å². The first-order valence-electron chi connectivity index (χ1n) is 7.34. The lowest BCUT2D eigenvalue weighted by molar-refractivity contribution is 0.415. The van der Waals surface area contributed by atoms with Crippen LogP contribution in [-0.4, -0.2) is 29.0 Å². The summed E-state index contributed by atoms with van der Waals surface area (Å²) in [5.74, 6) is 2.05. The molecule has 0 unspecified atom stereocenters. The minimum atomic E-state index is 0.887. The van der Waals surface area contributed by atoms with Gasteiger partial charge in [0.25, 0.3) is 0 Å². The van der Waals surface area contributed by atoms with Crippen molar-refractivity contribution in [2.24, 2.45) is 9.98 Å². The van der Waals surface area contributed by atoms with Crippen LogP contribution in [0.15, 0.2) is 34.3 Å². The van der Waals surface area contributed by atoms with Gasteiger partial charge in [-0.1, -0.05) is 43.8 Å². The topological polar surface area (TPSA) is 28.0 Å². The Hall–Kier alpha value is -1.29. The summed E-state index contributed by atoms with van der Waals surface area (Å²) in [6, 6.07) is 8.31. The SMILES string of the molecule is CCCN(CCC)/C(C)=N/C1=Nc2ccccc2CS1. The molecule has 0 radical (unpaired) electrons. The third-order valence-corrected chi connectivity index (χ3v) is 4.16. The second-order valence-corrected chi connectivity index (χ2v) is 5.90. The molecular formula is C16H23N3S. The highest BCUT2D eigenvalue weighted by Gasteiger charge is 2.13. The van der Waals surface area contributed by atoms with E-state index in [-0.39, 0.29) is 0 Å². The third-order valence-electron chi connectivity index (χ3n) is 3.27. The van der Waals surface area contributed by atoms with E-state index in [0.717, 1.165) is 48.4 Å². The Bertz CT molecular complexity index is 502. The molecular weight excluding hydrogens is 266 g/mol. The molecule has 1 aliphatic rings. The summed E-state index contributed by atoms with van der Waals surface area (Å²) in [5, 5.41) is 0.887. The van der Waals surface area contributed by atoms with Crippen LogP contribution in [0.4, 0.5) is 5.69 Å². The first-order chi connectivity index (χ1) is 9.74. The fourth-order valence-corrected chi connectivity index (χ4v) is 3.15. The zero-order chi connectivity index (χ0) is 14.4. The van der Waals surface area contributed by atoms with Crippen LogP contribution in [0.5, 0.6) is 0 Å². The van der Waals surface area contributed by atoms with Gasteiger partial charge < -0.3 is 4.90 Å². The minimum Gasteiger partial charge on any atom is -0.360 e. The lowest BCUT2D eigenvalue weighted by Crippen LogP contribution is -2.31. The lowest BCUT2D eigenvalue weighted by Gasteiger charge is -2.23. The number of fused-ring (bicyclic) bond motifs is 1. The van der Waals surface area contributed by atoms with Crippen molar-refractivity contribution in [1.29, 1.82) is 0 Å². The lowest BCUT2D eigenvalue weighted by atomic mass is 10.2. The monoisotopic (exact) mass is 289 g/mol. The van der Waals surface area contributed by atoms with Crippen LogP contribution in [0.2, 0.25) is 0 Å². The zero-order valence-electron chi connectivity index (χ0n) is 12.6. The summed E-state index contributed by atoms with van der Waals surface area (Å²) in [6.07, 6.45) is 2.30. The first-order valence-corrected chi connectivity index (χ1v) is 8.32. The average molecular weight is 289 g/mol. The van der Waals surface area contributed by atoms with Crippen LogP contribution in [0.3, 0.4) is 0 Å². The molecule has 0 aliphatic carbocycles. The highest BCUT2D eigenvalue weighted by Crippen LogP contribution is 2.30. The number of hydrogen-bond acceptors (Lipinski definition) is 3. The van der Waals surface area contributed by atoms with Crippen LogP contribution in [-0.2, 0) is 5.75 Å². The molecule has 108 valence electrons. The molecule has 1 heterocycles. The summed E-state index contributed by atoms with van der Waals surface area (Å²) in [4.78, 5) is 11.7. The Morgan fingerprint density at radius 3 is 2.65 bits per heavy atom. The molecule has 1 aromatic carbocycles. The third kappa shape index (κ3) is 3.85. The van der Waals surface area contributed by atoms with Gasteiger partial charge >= 0.3 is 0 Å². The summed E-state index contributed by atoms with van der Waals surface area (Å²) in [7, 11) is 0. The maximum absolute atomic E-state index is 4.73. The predicted octanol–water partition coefficient (Wildman–Crippen LogP) is 4.46. The highest BCUT2D eigenvalue weighted by molar-refractivity contribution is 8.13. The second kappa shape index (κ2) is 7.48. The number of para-hydroxylation sites is 1.